The maximum Gasteiger partial charge on any atom is 2.00 e. The van der Waals surface area contributed by atoms with Gasteiger partial charge in [0, 0.05) is 0 Å². The van der Waals surface area contributed by atoms with Crippen LogP contribution in [0.1, 0.15) is 57.3 Å². The molecule has 0 N–H and O–H groups in total. The molecule has 0 atom stereocenters. The van der Waals surface area contributed by atoms with E-state index in [4.69, 9.17) is 0 Å². The molecule has 0 heterocycles. The third-order valence-electron chi connectivity index (χ3n) is 7.75. The molecule has 4 aromatic rings. The van der Waals surface area contributed by atoms with Crippen molar-refractivity contribution in [1.82, 2.24) is 0 Å². The van der Waals surface area contributed by atoms with E-state index < -0.39 is 0 Å². The normalized spacial score (nSPS) is 12.5. The Balaban J connectivity index is 0.000000314. The van der Waals surface area contributed by atoms with E-state index in [1.54, 1.807) is 0 Å². The molecule has 44 heavy (non-hydrogen) atoms. The van der Waals surface area contributed by atoms with Gasteiger partial charge >= 0.3 is 43.4 Å². The molecule has 0 fully saturated rings. The fourth-order valence-electron chi connectivity index (χ4n) is 5.30. The molecule has 4 aliphatic rings. The van der Waals surface area contributed by atoms with Gasteiger partial charge in [0.1, 0.15) is 0 Å². The van der Waals surface area contributed by atoms with E-state index in [0.29, 0.717) is 0 Å². The van der Waals surface area contributed by atoms with E-state index in [0.717, 1.165) is 25.7 Å². The molecule has 4 aliphatic carbocycles. The first-order chi connectivity index (χ1) is 19.5. The number of aryl methyl sites for hydroxylation is 4. The van der Waals surface area contributed by atoms with Crippen molar-refractivity contribution >= 4 is 0 Å². The summed E-state index contributed by atoms with van der Waals surface area (Å²) in [7, 11) is 0. The summed E-state index contributed by atoms with van der Waals surface area (Å²) >= 11 is 0. The predicted octanol–water partition coefficient (Wildman–Crippen LogP) is 3.96. The van der Waals surface area contributed by atoms with Crippen LogP contribution in [0.25, 0.3) is 22.3 Å². The Labute approximate surface area is 307 Å². The molecule has 220 valence electrons. The number of hydrogen-bond donors (Lipinski definition) is 0. The Bertz CT molecular complexity index is 1500. The molecule has 0 nitrogen and oxygen atoms in total. The van der Waals surface area contributed by atoms with Crippen LogP contribution in [0.4, 0.5) is 0 Å². The summed E-state index contributed by atoms with van der Waals surface area (Å²) in [5.74, 6) is 0. The number of fused-ring (bicyclic) bond motifs is 6. The summed E-state index contributed by atoms with van der Waals surface area (Å²) in [6, 6.07) is 28.9. The van der Waals surface area contributed by atoms with Crippen LogP contribution < -0.4 is 24.8 Å². The van der Waals surface area contributed by atoms with E-state index >= 15 is 0 Å². The van der Waals surface area contributed by atoms with Gasteiger partial charge in [-0.3, -0.25) is 12.2 Å². The van der Waals surface area contributed by atoms with Crippen molar-refractivity contribution in [1.29, 1.82) is 0 Å². The first kappa shape index (κ1) is 39.9. The first-order valence-electron chi connectivity index (χ1n) is 14.2. The summed E-state index contributed by atoms with van der Waals surface area (Å²) in [6.45, 7) is 8.59. The quantitative estimate of drug-likeness (QED) is 0.168. The standard InChI is InChI=1S/2C15H13.2C5H5.2ClH.2Ti/c2*1-10-7-13-9-12-5-3-4-6-14(12)15(13)8-11(10)2;2*1-2-4-5-3-1;;;;/h2*3-6,8H,9H2,1-2H3;2*1-3H,4H2;2*1H;;/q4*-1;;;2*+2/p-2. The molecule has 4 heteroatoms. The molecule has 0 radical (unpaired) electrons. The molecular weight excluding hydrogens is 647 g/mol. The summed E-state index contributed by atoms with van der Waals surface area (Å²) < 4.78 is 0. The van der Waals surface area contributed by atoms with Crippen LogP contribution in [0, 0.1) is 52.0 Å². The minimum atomic E-state index is 0. The topological polar surface area (TPSA) is 0 Å². The van der Waals surface area contributed by atoms with Crippen molar-refractivity contribution < 1.29 is 68.2 Å². The molecule has 0 amide bonds. The Kier molecular flexibility index (Phi) is 17.6. The Morgan fingerprint density at radius 3 is 1.23 bits per heavy atom. The molecule has 0 bridgehead atoms. The minimum absolute atomic E-state index is 0. The summed E-state index contributed by atoms with van der Waals surface area (Å²) in [5, 5.41) is 0. The average Bonchev–Trinajstić information content (AvgIpc) is 3.79. The zero-order valence-corrected chi connectivity index (χ0v) is 30.5. The Hall–Kier alpha value is -2.15. The smallest absolute Gasteiger partial charge is 1.00 e. The van der Waals surface area contributed by atoms with Gasteiger partial charge in [-0.1, -0.05) is 98.5 Å². The third-order valence-corrected chi connectivity index (χ3v) is 7.75. The second-order valence-corrected chi connectivity index (χ2v) is 10.6. The number of allylic oxidation sites excluding steroid dienone is 8. The fourth-order valence-corrected chi connectivity index (χ4v) is 5.30. The molecule has 0 saturated heterocycles. The van der Waals surface area contributed by atoms with Gasteiger partial charge in [0.25, 0.3) is 0 Å². The number of halogens is 2. The van der Waals surface area contributed by atoms with Crippen LogP contribution in [-0.4, -0.2) is 0 Å². The molecule has 0 aromatic heterocycles. The summed E-state index contributed by atoms with van der Waals surface area (Å²) in [4.78, 5) is 0. The van der Waals surface area contributed by atoms with Crippen LogP contribution in [0.15, 0.2) is 97.1 Å². The predicted molar refractivity (Wildman–Crippen MR) is 169 cm³/mol. The molecule has 0 unspecified atom stereocenters. The van der Waals surface area contributed by atoms with E-state index in [9.17, 15) is 0 Å². The van der Waals surface area contributed by atoms with E-state index in [1.165, 1.54) is 66.8 Å². The van der Waals surface area contributed by atoms with Crippen molar-refractivity contribution in [2.24, 2.45) is 0 Å². The monoisotopic (exact) mass is 682 g/mol. The maximum absolute atomic E-state index is 3.50. The van der Waals surface area contributed by atoms with Gasteiger partial charge in [-0.15, -0.1) is 35.1 Å². The van der Waals surface area contributed by atoms with Gasteiger partial charge in [-0.2, -0.15) is 58.7 Å². The third kappa shape index (κ3) is 9.92. The zero-order valence-electron chi connectivity index (χ0n) is 25.8. The van der Waals surface area contributed by atoms with Crippen molar-refractivity contribution in [2.45, 2.75) is 53.4 Å². The maximum atomic E-state index is 3.50. The zero-order chi connectivity index (χ0) is 27.9. The second-order valence-electron chi connectivity index (χ2n) is 10.6. The van der Waals surface area contributed by atoms with E-state index in [2.05, 4.69) is 125 Å². The van der Waals surface area contributed by atoms with Gasteiger partial charge in [0.05, 0.1) is 0 Å². The summed E-state index contributed by atoms with van der Waals surface area (Å²) in [6.07, 6.45) is 22.1. The van der Waals surface area contributed by atoms with Gasteiger partial charge in [0.2, 0.25) is 0 Å². The van der Waals surface area contributed by atoms with E-state index in [1.807, 2.05) is 24.3 Å². The van der Waals surface area contributed by atoms with Crippen molar-refractivity contribution in [3.8, 4) is 22.3 Å². The molecule has 4 aromatic carbocycles. The molecule has 0 spiro atoms. The molecular formula is C40H36Cl2Ti2-2. The van der Waals surface area contributed by atoms with Gasteiger partial charge in [-0.05, 0) is 12.8 Å². The van der Waals surface area contributed by atoms with Crippen LogP contribution in [0.2, 0.25) is 0 Å². The van der Waals surface area contributed by atoms with Gasteiger partial charge in [-0.25, -0.2) is 24.3 Å². The molecule has 8 rings (SSSR count). The van der Waals surface area contributed by atoms with Crippen LogP contribution >= 0.6 is 0 Å². The number of rotatable bonds is 0. The van der Waals surface area contributed by atoms with Crippen LogP contribution in [-0.2, 0) is 56.3 Å². The number of benzene rings is 4. The Morgan fingerprint density at radius 2 is 0.909 bits per heavy atom. The Morgan fingerprint density at radius 1 is 0.523 bits per heavy atom. The molecule has 0 saturated carbocycles. The fraction of sp³-hybridized carbons (Fsp3) is 0.200. The largest absolute Gasteiger partial charge is 2.00 e. The van der Waals surface area contributed by atoms with Crippen molar-refractivity contribution in [3.05, 3.63) is 166 Å². The SMILES string of the molecule is Cc1[c-]c2c(cc1C)-c1ccccc1C2.Cc1[c-]c2c(cc1C)-c1ccccc1C2.[C-]1=CC=CC1.[C-]1=CC=CC1.[Cl-].[Cl-].[Ti+2].[Ti+2]. The molecule has 0 aliphatic heterocycles. The summed E-state index contributed by atoms with van der Waals surface area (Å²) in [5.41, 5.74) is 16.4. The van der Waals surface area contributed by atoms with Crippen molar-refractivity contribution in [3.63, 3.8) is 0 Å². The average molecular weight is 683 g/mol. The van der Waals surface area contributed by atoms with Crippen molar-refractivity contribution in [2.75, 3.05) is 0 Å². The number of hydrogen-bond acceptors (Lipinski definition) is 0. The van der Waals surface area contributed by atoms with Crippen LogP contribution in [0.3, 0.4) is 0 Å². The van der Waals surface area contributed by atoms with Gasteiger partial charge in [0.15, 0.2) is 0 Å². The van der Waals surface area contributed by atoms with Crippen LogP contribution in [0.5, 0.6) is 0 Å². The van der Waals surface area contributed by atoms with Gasteiger partial charge < -0.3 is 24.8 Å². The minimum Gasteiger partial charge on any atom is -1.00 e. The van der Waals surface area contributed by atoms with E-state index in [-0.39, 0.29) is 68.2 Å². The first-order valence-corrected chi connectivity index (χ1v) is 14.2. The second kappa shape index (κ2) is 19.4.